The fraction of sp³-hybridized carbons (Fsp3) is 0.429. The van der Waals surface area contributed by atoms with Gasteiger partial charge in [-0.3, -0.25) is 0 Å². The van der Waals surface area contributed by atoms with E-state index in [2.05, 4.69) is 5.32 Å². The molecule has 1 aromatic carbocycles. The highest BCUT2D eigenvalue weighted by Gasteiger charge is 2.09. The summed E-state index contributed by atoms with van der Waals surface area (Å²) in [5, 5.41) is 11.0. The van der Waals surface area contributed by atoms with E-state index in [1.165, 1.54) is 0 Å². The van der Waals surface area contributed by atoms with Gasteiger partial charge in [0.1, 0.15) is 6.61 Å². The third-order valence-corrected chi connectivity index (χ3v) is 2.76. The fourth-order valence-electron chi connectivity index (χ4n) is 1.64. The third-order valence-electron chi connectivity index (χ3n) is 2.76. The topological polar surface area (TPSA) is 78.9 Å². The van der Waals surface area contributed by atoms with E-state index in [0.717, 1.165) is 11.1 Å². The van der Waals surface area contributed by atoms with Crippen LogP contribution in [0, 0.1) is 6.92 Å². The van der Waals surface area contributed by atoms with Crippen molar-refractivity contribution in [2.24, 2.45) is 0 Å². The summed E-state index contributed by atoms with van der Waals surface area (Å²) in [6.45, 7) is 2.63. The molecule has 20 heavy (non-hydrogen) atoms. The van der Waals surface area contributed by atoms with Crippen LogP contribution in [-0.2, 0) is 16.1 Å². The molecule has 0 aromatic heterocycles. The van der Waals surface area contributed by atoms with Gasteiger partial charge in [0.05, 0.1) is 6.61 Å². The van der Waals surface area contributed by atoms with Gasteiger partial charge in [-0.2, -0.15) is 0 Å². The molecule has 2 N–H and O–H groups in total. The summed E-state index contributed by atoms with van der Waals surface area (Å²) >= 11 is 0. The van der Waals surface area contributed by atoms with Crippen molar-refractivity contribution in [1.82, 2.24) is 10.2 Å². The predicted octanol–water partition coefficient (Wildman–Crippen LogP) is 1.24. The van der Waals surface area contributed by atoms with Gasteiger partial charge in [-0.25, -0.2) is 9.59 Å². The van der Waals surface area contributed by atoms with E-state index in [1.807, 2.05) is 31.2 Å². The lowest BCUT2D eigenvalue weighted by Crippen LogP contribution is -2.38. The molecule has 0 spiro atoms. The summed E-state index contributed by atoms with van der Waals surface area (Å²) in [7, 11) is 1.71. The zero-order valence-electron chi connectivity index (χ0n) is 11.8. The summed E-state index contributed by atoms with van der Waals surface area (Å²) in [5.41, 5.74) is 2.23. The minimum absolute atomic E-state index is 0.177. The number of carboxylic acids is 1. The number of ether oxygens (including phenoxy) is 1. The number of carbonyl (C=O) groups excluding carboxylic acids is 1. The molecule has 0 saturated carbocycles. The Balaban J connectivity index is 2.29. The van der Waals surface area contributed by atoms with Crippen LogP contribution < -0.4 is 5.32 Å². The third kappa shape index (κ3) is 5.71. The van der Waals surface area contributed by atoms with Crippen molar-refractivity contribution in [3.63, 3.8) is 0 Å². The Morgan fingerprint density at radius 2 is 2.05 bits per heavy atom. The van der Waals surface area contributed by atoms with Gasteiger partial charge in [0.25, 0.3) is 0 Å². The first-order chi connectivity index (χ1) is 9.50. The zero-order chi connectivity index (χ0) is 15.0. The minimum Gasteiger partial charge on any atom is -0.480 e. The Morgan fingerprint density at radius 1 is 1.35 bits per heavy atom. The largest absolute Gasteiger partial charge is 0.480 e. The molecule has 1 rings (SSSR count). The monoisotopic (exact) mass is 280 g/mol. The molecule has 0 fully saturated rings. The number of nitrogens with one attached hydrogen (secondary N) is 1. The second-order valence-corrected chi connectivity index (χ2v) is 4.46. The molecule has 0 saturated heterocycles. The molecule has 0 bridgehead atoms. The molecule has 0 aliphatic carbocycles. The number of carboxylic acid groups (broad SMARTS) is 1. The average molecular weight is 280 g/mol. The first-order valence-corrected chi connectivity index (χ1v) is 6.33. The molecule has 1 aromatic rings. The van der Waals surface area contributed by atoms with Gasteiger partial charge in [0.2, 0.25) is 0 Å². The first-order valence-electron chi connectivity index (χ1n) is 6.33. The number of amides is 2. The summed E-state index contributed by atoms with van der Waals surface area (Å²) in [5.74, 6) is -1.02. The number of rotatable bonds is 7. The quantitative estimate of drug-likeness (QED) is 0.736. The maximum absolute atomic E-state index is 11.8. The van der Waals surface area contributed by atoms with Crippen LogP contribution in [-0.4, -0.2) is 48.8 Å². The van der Waals surface area contributed by atoms with E-state index in [9.17, 15) is 9.59 Å². The molecule has 0 aliphatic rings. The van der Waals surface area contributed by atoms with E-state index in [4.69, 9.17) is 9.84 Å². The Bertz CT molecular complexity index is 462. The number of benzene rings is 1. The van der Waals surface area contributed by atoms with Crippen LogP contribution in [0.3, 0.4) is 0 Å². The highest BCUT2D eigenvalue weighted by Crippen LogP contribution is 2.09. The van der Waals surface area contributed by atoms with Gasteiger partial charge in [-0.05, 0) is 18.1 Å². The molecule has 6 nitrogen and oxygen atoms in total. The molecule has 6 heteroatoms. The second-order valence-electron chi connectivity index (χ2n) is 4.46. The summed E-state index contributed by atoms with van der Waals surface area (Å²) in [6.07, 6.45) is 0. The van der Waals surface area contributed by atoms with Gasteiger partial charge < -0.3 is 20.1 Å². The van der Waals surface area contributed by atoms with Crippen LogP contribution in [0.25, 0.3) is 0 Å². The highest BCUT2D eigenvalue weighted by molar-refractivity contribution is 5.73. The molecular weight excluding hydrogens is 260 g/mol. The summed E-state index contributed by atoms with van der Waals surface area (Å²) in [4.78, 5) is 23.6. The Morgan fingerprint density at radius 3 is 2.70 bits per heavy atom. The van der Waals surface area contributed by atoms with Crippen molar-refractivity contribution < 1.29 is 19.4 Å². The van der Waals surface area contributed by atoms with Crippen molar-refractivity contribution in [3.8, 4) is 0 Å². The van der Waals surface area contributed by atoms with Crippen LogP contribution >= 0.6 is 0 Å². The van der Waals surface area contributed by atoms with Crippen LogP contribution in [0.5, 0.6) is 0 Å². The Kier molecular flexibility index (Phi) is 6.52. The number of hydrogen-bond acceptors (Lipinski definition) is 3. The first kappa shape index (κ1) is 16.0. The molecular formula is C14H20N2O4. The molecule has 0 radical (unpaired) electrons. The van der Waals surface area contributed by atoms with Crippen molar-refractivity contribution in [2.75, 3.05) is 26.8 Å². The molecule has 2 amide bonds. The maximum Gasteiger partial charge on any atom is 0.329 e. The normalized spacial score (nSPS) is 10.1. The lowest BCUT2D eigenvalue weighted by atomic mass is 10.1. The van der Waals surface area contributed by atoms with Gasteiger partial charge in [0.15, 0.2) is 0 Å². The molecule has 0 atom stereocenters. The summed E-state index contributed by atoms with van der Waals surface area (Å²) < 4.78 is 4.83. The van der Waals surface area contributed by atoms with Crippen molar-refractivity contribution in [2.45, 2.75) is 13.5 Å². The van der Waals surface area contributed by atoms with E-state index < -0.39 is 5.97 Å². The average Bonchev–Trinajstić information content (AvgIpc) is 2.40. The Hall–Kier alpha value is -2.08. The lowest BCUT2D eigenvalue weighted by Gasteiger charge is -2.19. The van der Waals surface area contributed by atoms with Crippen molar-refractivity contribution in [1.29, 1.82) is 0 Å². The van der Waals surface area contributed by atoms with Crippen molar-refractivity contribution in [3.05, 3.63) is 35.4 Å². The number of aryl methyl sites for hydroxylation is 1. The number of aliphatic carboxylic acids is 1. The van der Waals surface area contributed by atoms with Gasteiger partial charge in [-0.15, -0.1) is 0 Å². The predicted molar refractivity (Wildman–Crippen MR) is 74.5 cm³/mol. The smallest absolute Gasteiger partial charge is 0.329 e. The SMILES string of the molecule is Cc1ccccc1CN(C)C(=O)NCCOCC(=O)O. The van der Waals surface area contributed by atoms with E-state index >= 15 is 0 Å². The van der Waals surface area contributed by atoms with E-state index in [0.29, 0.717) is 6.54 Å². The summed E-state index contributed by atoms with van der Waals surface area (Å²) in [6, 6.07) is 7.66. The van der Waals surface area contributed by atoms with Crippen LogP contribution in [0.1, 0.15) is 11.1 Å². The highest BCUT2D eigenvalue weighted by atomic mass is 16.5. The molecule has 0 aliphatic heterocycles. The standard InChI is InChI=1S/C14H20N2O4/c1-11-5-3-4-6-12(11)9-16(2)14(19)15-7-8-20-10-13(17)18/h3-6H,7-10H2,1-2H3,(H,15,19)(H,17,18). The maximum atomic E-state index is 11.8. The number of hydrogen-bond donors (Lipinski definition) is 2. The zero-order valence-corrected chi connectivity index (χ0v) is 11.8. The molecule has 0 unspecified atom stereocenters. The second kappa shape index (κ2) is 8.16. The van der Waals surface area contributed by atoms with E-state index in [1.54, 1.807) is 11.9 Å². The number of urea groups is 1. The fourth-order valence-corrected chi connectivity index (χ4v) is 1.64. The number of carbonyl (C=O) groups is 2. The van der Waals surface area contributed by atoms with Gasteiger partial charge in [-0.1, -0.05) is 24.3 Å². The van der Waals surface area contributed by atoms with Gasteiger partial charge in [0, 0.05) is 20.1 Å². The van der Waals surface area contributed by atoms with Crippen LogP contribution in [0.15, 0.2) is 24.3 Å². The van der Waals surface area contributed by atoms with Gasteiger partial charge >= 0.3 is 12.0 Å². The number of nitrogens with zero attached hydrogens (tertiary/aromatic N) is 1. The Labute approximate surface area is 118 Å². The van der Waals surface area contributed by atoms with E-state index in [-0.39, 0.29) is 25.8 Å². The van der Waals surface area contributed by atoms with Crippen LogP contribution in [0.4, 0.5) is 4.79 Å². The molecule has 110 valence electrons. The minimum atomic E-state index is -1.02. The molecule has 0 heterocycles. The van der Waals surface area contributed by atoms with Crippen molar-refractivity contribution >= 4 is 12.0 Å². The van der Waals surface area contributed by atoms with Crippen LogP contribution in [0.2, 0.25) is 0 Å². The lowest BCUT2D eigenvalue weighted by molar-refractivity contribution is -0.142.